The van der Waals surface area contributed by atoms with Crippen LogP contribution >= 0.6 is 0 Å². The third-order valence-electron chi connectivity index (χ3n) is 5.55. The zero-order valence-corrected chi connectivity index (χ0v) is 16.3. The lowest BCUT2D eigenvalue weighted by atomic mass is 9.92. The van der Waals surface area contributed by atoms with Gasteiger partial charge in [-0.25, -0.2) is 0 Å². The summed E-state index contributed by atoms with van der Waals surface area (Å²) in [5, 5.41) is 4.05. The first-order chi connectivity index (χ1) is 10.2. The smallest absolute Gasteiger partial charge is 0.192 e. The maximum Gasteiger partial charge on any atom is 0.192 e. The second-order valence-corrected chi connectivity index (χ2v) is 13.1. The summed E-state index contributed by atoms with van der Waals surface area (Å²) in [7, 11) is 0.427. The van der Waals surface area contributed by atoms with E-state index in [0.717, 1.165) is 6.54 Å². The molecule has 22 heavy (non-hydrogen) atoms. The van der Waals surface area contributed by atoms with Gasteiger partial charge in [0.15, 0.2) is 8.32 Å². The summed E-state index contributed by atoms with van der Waals surface area (Å²) in [6.07, 6.45) is 7.57. The highest BCUT2D eigenvalue weighted by Gasteiger charge is 2.41. The van der Waals surface area contributed by atoms with Gasteiger partial charge in [-0.2, -0.15) is 0 Å². The molecule has 2 atom stereocenters. The van der Waals surface area contributed by atoms with Crippen molar-refractivity contribution in [2.45, 2.75) is 83.3 Å². The van der Waals surface area contributed by atoms with Gasteiger partial charge in [-0.3, -0.25) is 0 Å². The lowest BCUT2D eigenvalue weighted by Gasteiger charge is -2.43. The SMILES string of the molecule is Cn1cccc1CN[C@H]1CCCC[C@@H]1O[Si](C)(C)C(C)(C)C. The molecule has 3 nitrogen and oxygen atoms in total. The average molecular weight is 323 g/mol. The van der Waals surface area contributed by atoms with Crippen LogP contribution in [0.1, 0.15) is 52.1 Å². The van der Waals surface area contributed by atoms with E-state index in [1.165, 1.54) is 31.4 Å². The largest absolute Gasteiger partial charge is 0.412 e. The Morgan fingerprint density at radius 1 is 1.27 bits per heavy atom. The number of rotatable bonds is 5. The molecule has 1 saturated carbocycles. The summed E-state index contributed by atoms with van der Waals surface area (Å²) in [4.78, 5) is 0. The minimum absolute atomic E-state index is 0.285. The molecule has 1 aliphatic rings. The Hall–Kier alpha value is -0.583. The Morgan fingerprint density at radius 2 is 1.95 bits per heavy atom. The van der Waals surface area contributed by atoms with Gasteiger partial charge in [0.25, 0.3) is 0 Å². The summed E-state index contributed by atoms with van der Waals surface area (Å²) in [5.41, 5.74) is 1.34. The molecule has 1 N–H and O–H groups in total. The van der Waals surface area contributed by atoms with E-state index >= 15 is 0 Å². The van der Waals surface area contributed by atoms with Gasteiger partial charge in [0.2, 0.25) is 0 Å². The maximum atomic E-state index is 6.73. The Morgan fingerprint density at radius 3 is 2.55 bits per heavy atom. The molecule has 0 aliphatic heterocycles. The molecule has 1 fully saturated rings. The van der Waals surface area contributed by atoms with Crippen molar-refractivity contribution in [3.63, 3.8) is 0 Å². The van der Waals surface area contributed by atoms with Crippen molar-refractivity contribution in [3.05, 3.63) is 24.0 Å². The molecule has 0 saturated heterocycles. The van der Waals surface area contributed by atoms with E-state index < -0.39 is 8.32 Å². The van der Waals surface area contributed by atoms with E-state index in [-0.39, 0.29) is 5.04 Å². The number of aryl methyl sites for hydroxylation is 1. The van der Waals surface area contributed by atoms with E-state index in [1.807, 2.05) is 0 Å². The van der Waals surface area contributed by atoms with Crippen LogP contribution in [0.5, 0.6) is 0 Å². The average Bonchev–Trinajstić information content (AvgIpc) is 2.81. The van der Waals surface area contributed by atoms with Crippen LogP contribution in [0.2, 0.25) is 18.1 Å². The molecular weight excluding hydrogens is 288 g/mol. The number of hydrogen-bond acceptors (Lipinski definition) is 2. The quantitative estimate of drug-likeness (QED) is 0.811. The Bertz CT molecular complexity index is 476. The molecule has 2 rings (SSSR count). The van der Waals surface area contributed by atoms with Crippen LogP contribution in [0.25, 0.3) is 0 Å². The monoisotopic (exact) mass is 322 g/mol. The third-order valence-corrected chi connectivity index (χ3v) is 10.1. The molecule has 1 aromatic rings. The van der Waals surface area contributed by atoms with Gasteiger partial charge < -0.3 is 14.3 Å². The molecule has 0 radical (unpaired) electrons. The third kappa shape index (κ3) is 4.24. The predicted octanol–water partition coefficient (Wildman–Crippen LogP) is 4.45. The highest BCUT2D eigenvalue weighted by Crippen LogP contribution is 2.39. The fraction of sp³-hybridized carbons (Fsp3) is 0.778. The maximum absolute atomic E-state index is 6.73. The van der Waals surface area contributed by atoms with Gasteiger partial charge in [0.05, 0.1) is 6.10 Å². The van der Waals surface area contributed by atoms with E-state index in [2.05, 4.69) is 69.1 Å². The van der Waals surface area contributed by atoms with Gasteiger partial charge in [-0.05, 0) is 43.1 Å². The van der Waals surface area contributed by atoms with Crippen LogP contribution in [0.4, 0.5) is 0 Å². The Balaban J connectivity index is 1.98. The second kappa shape index (κ2) is 6.89. The molecule has 126 valence electrons. The number of aromatic nitrogens is 1. The minimum atomic E-state index is -1.69. The number of nitrogens with one attached hydrogen (secondary N) is 1. The standard InChI is InChI=1S/C18H34N2OSi/c1-18(2,3)22(5,6)21-17-12-8-7-11-16(17)19-14-15-10-9-13-20(15)4/h9-10,13,16-17,19H,7-8,11-12,14H2,1-6H3/t16-,17-/m0/s1. The van der Waals surface area contributed by atoms with Gasteiger partial charge in [-0.15, -0.1) is 0 Å². The van der Waals surface area contributed by atoms with Crippen LogP contribution in [0, 0.1) is 0 Å². The van der Waals surface area contributed by atoms with Gasteiger partial charge >= 0.3 is 0 Å². The minimum Gasteiger partial charge on any atom is -0.412 e. The molecule has 1 aliphatic carbocycles. The van der Waals surface area contributed by atoms with Gasteiger partial charge in [-0.1, -0.05) is 33.6 Å². The van der Waals surface area contributed by atoms with Crippen LogP contribution in [-0.4, -0.2) is 25.0 Å². The summed E-state index contributed by atoms with van der Waals surface area (Å²) >= 11 is 0. The van der Waals surface area contributed by atoms with Crippen LogP contribution in [0.15, 0.2) is 18.3 Å². The lowest BCUT2D eigenvalue weighted by Crippen LogP contribution is -2.51. The zero-order valence-electron chi connectivity index (χ0n) is 15.3. The zero-order chi connectivity index (χ0) is 16.4. The van der Waals surface area contributed by atoms with Crippen LogP contribution in [0.3, 0.4) is 0 Å². The molecular formula is C18H34N2OSi. The first-order valence-corrected chi connectivity index (χ1v) is 11.6. The molecule has 0 aromatic carbocycles. The first kappa shape index (κ1) is 17.8. The van der Waals surface area contributed by atoms with E-state index in [1.54, 1.807) is 0 Å². The molecule has 1 aromatic heterocycles. The van der Waals surface area contributed by atoms with Crippen molar-refractivity contribution in [1.82, 2.24) is 9.88 Å². The Kier molecular flexibility index (Phi) is 5.57. The number of hydrogen-bond donors (Lipinski definition) is 1. The Labute approximate surface area is 137 Å². The fourth-order valence-electron chi connectivity index (χ4n) is 2.94. The van der Waals surface area contributed by atoms with Gasteiger partial charge in [0.1, 0.15) is 0 Å². The highest BCUT2D eigenvalue weighted by atomic mass is 28.4. The van der Waals surface area contributed by atoms with E-state index in [0.29, 0.717) is 12.1 Å². The summed E-state index contributed by atoms with van der Waals surface area (Å²) in [6, 6.07) is 4.80. The lowest BCUT2D eigenvalue weighted by molar-refractivity contribution is 0.0984. The van der Waals surface area contributed by atoms with Crippen molar-refractivity contribution in [3.8, 4) is 0 Å². The molecule has 1 heterocycles. The summed E-state index contributed by atoms with van der Waals surface area (Å²) < 4.78 is 8.92. The van der Waals surface area contributed by atoms with Crippen LogP contribution < -0.4 is 5.32 Å². The van der Waals surface area contributed by atoms with Crippen molar-refractivity contribution in [2.24, 2.45) is 7.05 Å². The van der Waals surface area contributed by atoms with E-state index in [4.69, 9.17) is 4.43 Å². The molecule has 0 spiro atoms. The van der Waals surface area contributed by atoms with Crippen molar-refractivity contribution in [1.29, 1.82) is 0 Å². The molecule has 0 unspecified atom stereocenters. The molecule has 0 amide bonds. The normalized spacial score (nSPS) is 23.7. The summed E-state index contributed by atoms with van der Waals surface area (Å²) in [5.74, 6) is 0. The van der Waals surface area contributed by atoms with Gasteiger partial charge in [0, 0.05) is 31.5 Å². The first-order valence-electron chi connectivity index (χ1n) is 8.72. The fourth-order valence-corrected chi connectivity index (χ4v) is 4.33. The van der Waals surface area contributed by atoms with E-state index in [9.17, 15) is 0 Å². The molecule has 4 heteroatoms. The van der Waals surface area contributed by atoms with Crippen LogP contribution in [-0.2, 0) is 18.0 Å². The topological polar surface area (TPSA) is 26.2 Å². The molecule has 0 bridgehead atoms. The predicted molar refractivity (Wildman–Crippen MR) is 96.6 cm³/mol. The van der Waals surface area contributed by atoms with Crippen molar-refractivity contribution < 1.29 is 4.43 Å². The van der Waals surface area contributed by atoms with Crippen molar-refractivity contribution in [2.75, 3.05) is 0 Å². The second-order valence-electron chi connectivity index (χ2n) is 8.30. The van der Waals surface area contributed by atoms with Crippen molar-refractivity contribution >= 4 is 8.32 Å². The number of nitrogens with zero attached hydrogens (tertiary/aromatic N) is 1. The summed E-state index contributed by atoms with van der Waals surface area (Å²) in [6.45, 7) is 12.7. The highest BCUT2D eigenvalue weighted by molar-refractivity contribution is 6.74.